The van der Waals surface area contributed by atoms with Gasteiger partial charge in [-0.1, -0.05) is 0 Å². The third-order valence-corrected chi connectivity index (χ3v) is 0.888. The highest BCUT2D eigenvalue weighted by Gasteiger charge is 2.04. The van der Waals surface area contributed by atoms with Gasteiger partial charge in [-0.15, -0.1) is 0 Å². The maximum Gasteiger partial charge on any atom is 0.106 e. The summed E-state index contributed by atoms with van der Waals surface area (Å²) in [4.78, 5) is 4.26. The van der Waals surface area contributed by atoms with E-state index >= 15 is 0 Å². The van der Waals surface area contributed by atoms with Crippen LogP contribution in [-0.2, 0) is 9.57 Å². The highest BCUT2D eigenvalue weighted by atomic mass is 16.6. The van der Waals surface area contributed by atoms with E-state index in [2.05, 4.69) is 4.84 Å². The molecular formula is C5H13NO3. The van der Waals surface area contributed by atoms with Crippen LogP contribution in [-0.4, -0.2) is 31.0 Å². The van der Waals surface area contributed by atoms with Crippen LogP contribution in [0.4, 0.5) is 0 Å². The van der Waals surface area contributed by atoms with Crippen molar-refractivity contribution in [1.29, 1.82) is 0 Å². The number of hydrogen-bond acceptors (Lipinski definition) is 4. The number of hydrogen-bond donors (Lipinski definition) is 2. The molecule has 3 N–H and O–H groups in total. The van der Waals surface area contributed by atoms with Crippen molar-refractivity contribution in [2.45, 2.75) is 13.0 Å². The van der Waals surface area contributed by atoms with E-state index in [9.17, 15) is 0 Å². The molecule has 4 heteroatoms. The van der Waals surface area contributed by atoms with Gasteiger partial charge >= 0.3 is 0 Å². The Morgan fingerprint density at radius 2 is 2.33 bits per heavy atom. The van der Waals surface area contributed by atoms with Gasteiger partial charge in [0.15, 0.2) is 0 Å². The first-order chi connectivity index (χ1) is 4.35. The zero-order chi connectivity index (χ0) is 7.11. The normalized spacial score (nSPS) is 13.7. The molecular weight excluding hydrogens is 122 g/mol. The van der Waals surface area contributed by atoms with Crippen LogP contribution in [0.25, 0.3) is 0 Å². The van der Waals surface area contributed by atoms with Gasteiger partial charge in [0, 0.05) is 6.61 Å². The molecule has 0 saturated carbocycles. The summed E-state index contributed by atoms with van der Waals surface area (Å²) in [6, 6.07) is 0. The highest BCUT2D eigenvalue weighted by molar-refractivity contribution is 4.50. The van der Waals surface area contributed by atoms with E-state index in [-0.39, 0.29) is 19.3 Å². The van der Waals surface area contributed by atoms with E-state index in [4.69, 9.17) is 15.7 Å². The summed E-state index contributed by atoms with van der Waals surface area (Å²) in [5.41, 5.74) is 0. The van der Waals surface area contributed by atoms with Crippen molar-refractivity contribution in [2.75, 3.05) is 19.8 Å². The quantitative estimate of drug-likeness (QED) is 0.488. The monoisotopic (exact) mass is 135 g/mol. The average molecular weight is 135 g/mol. The second kappa shape index (κ2) is 5.97. The first-order valence-corrected chi connectivity index (χ1v) is 2.89. The summed E-state index contributed by atoms with van der Waals surface area (Å²) >= 11 is 0. The fourth-order valence-electron chi connectivity index (χ4n) is 0.497. The van der Waals surface area contributed by atoms with E-state index in [1.807, 2.05) is 6.92 Å². The summed E-state index contributed by atoms with van der Waals surface area (Å²) in [6.07, 6.45) is -0.278. The van der Waals surface area contributed by atoms with E-state index in [0.29, 0.717) is 6.61 Å². The van der Waals surface area contributed by atoms with Crippen molar-refractivity contribution in [3.05, 3.63) is 0 Å². The maximum absolute atomic E-state index is 8.53. The number of rotatable bonds is 5. The summed E-state index contributed by atoms with van der Waals surface area (Å²) in [5.74, 6) is 4.74. The van der Waals surface area contributed by atoms with Crippen LogP contribution in [0.2, 0.25) is 0 Å². The average Bonchev–Trinajstić information content (AvgIpc) is 1.88. The summed E-state index contributed by atoms with van der Waals surface area (Å²) in [7, 11) is 0. The van der Waals surface area contributed by atoms with Crippen LogP contribution in [0.15, 0.2) is 0 Å². The predicted octanol–water partition coefficient (Wildman–Crippen LogP) is -0.726. The molecule has 0 saturated heterocycles. The zero-order valence-electron chi connectivity index (χ0n) is 5.54. The SMILES string of the molecule is CCOC(CO)CON. The van der Waals surface area contributed by atoms with Gasteiger partial charge in [-0.2, -0.15) is 0 Å². The smallest absolute Gasteiger partial charge is 0.106 e. The first-order valence-electron chi connectivity index (χ1n) is 2.89. The first kappa shape index (κ1) is 8.84. The molecule has 0 aliphatic heterocycles. The second-order valence-corrected chi connectivity index (χ2v) is 1.59. The predicted molar refractivity (Wildman–Crippen MR) is 32.6 cm³/mol. The highest BCUT2D eigenvalue weighted by Crippen LogP contribution is 1.88. The molecule has 0 aromatic carbocycles. The molecule has 0 aliphatic rings. The summed E-state index contributed by atoms with van der Waals surface area (Å²) in [5, 5.41) is 8.53. The lowest BCUT2D eigenvalue weighted by Gasteiger charge is -2.11. The Kier molecular flexibility index (Phi) is 5.86. The molecule has 0 amide bonds. The third-order valence-electron chi connectivity index (χ3n) is 0.888. The van der Waals surface area contributed by atoms with Crippen molar-refractivity contribution < 1.29 is 14.7 Å². The largest absolute Gasteiger partial charge is 0.394 e. The third kappa shape index (κ3) is 4.35. The van der Waals surface area contributed by atoms with Gasteiger partial charge in [0.2, 0.25) is 0 Å². The van der Waals surface area contributed by atoms with Crippen LogP contribution in [0.5, 0.6) is 0 Å². The van der Waals surface area contributed by atoms with E-state index in [1.54, 1.807) is 0 Å². The Labute approximate surface area is 54.5 Å². The lowest BCUT2D eigenvalue weighted by Crippen LogP contribution is -2.25. The fourth-order valence-corrected chi connectivity index (χ4v) is 0.497. The molecule has 0 bridgehead atoms. The molecule has 56 valence electrons. The molecule has 0 aromatic rings. The molecule has 9 heavy (non-hydrogen) atoms. The Balaban J connectivity index is 3.18. The van der Waals surface area contributed by atoms with Crippen LogP contribution >= 0.6 is 0 Å². The standard InChI is InChI=1S/C5H13NO3/c1-2-8-5(3-7)4-9-6/h5,7H,2-4,6H2,1H3. The van der Waals surface area contributed by atoms with E-state index in [0.717, 1.165) is 0 Å². The molecule has 0 radical (unpaired) electrons. The molecule has 0 rings (SSSR count). The molecule has 1 unspecified atom stereocenters. The van der Waals surface area contributed by atoms with Crippen LogP contribution in [0.1, 0.15) is 6.92 Å². The minimum absolute atomic E-state index is 0.0506. The van der Waals surface area contributed by atoms with Crippen LogP contribution in [0.3, 0.4) is 0 Å². The summed E-state index contributed by atoms with van der Waals surface area (Å²) in [6.45, 7) is 2.60. The molecule has 1 atom stereocenters. The van der Waals surface area contributed by atoms with E-state index < -0.39 is 0 Å². The topological polar surface area (TPSA) is 64.7 Å². The number of aliphatic hydroxyl groups is 1. The molecule has 0 spiro atoms. The molecule has 0 heterocycles. The summed E-state index contributed by atoms with van der Waals surface area (Å²) < 4.78 is 4.98. The molecule has 0 fully saturated rings. The minimum Gasteiger partial charge on any atom is -0.394 e. The van der Waals surface area contributed by atoms with Crippen LogP contribution < -0.4 is 5.90 Å². The van der Waals surface area contributed by atoms with Gasteiger partial charge in [-0.05, 0) is 6.92 Å². The lowest BCUT2D eigenvalue weighted by atomic mass is 10.4. The van der Waals surface area contributed by atoms with Crippen molar-refractivity contribution in [1.82, 2.24) is 0 Å². The van der Waals surface area contributed by atoms with Gasteiger partial charge in [0.25, 0.3) is 0 Å². The Morgan fingerprint density at radius 1 is 1.67 bits per heavy atom. The number of aliphatic hydroxyl groups excluding tert-OH is 1. The second-order valence-electron chi connectivity index (χ2n) is 1.59. The van der Waals surface area contributed by atoms with Crippen molar-refractivity contribution in [3.8, 4) is 0 Å². The molecule has 4 nitrogen and oxygen atoms in total. The van der Waals surface area contributed by atoms with Gasteiger partial charge in [-0.3, -0.25) is 0 Å². The van der Waals surface area contributed by atoms with Crippen molar-refractivity contribution in [3.63, 3.8) is 0 Å². The zero-order valence-corrected chi connectivity index (χ0v) is 5.54. The number of nitrogens with two attached hydrogens (primary N) is 1. The Morgan fingerprint density at radius 3 is 2.67 bits per heavy atom. The van der Waals surface area contributed by atoms with Crippen LogP contribution in [0, 0.1) is 0 Å². The van der Waals surface area contributed by atoms with Crippen molar-refractivity contribution in [2.24, 2.45) is 5.90 Å². The Bertz CT molecular complexity index is 54.2. The number of ether oxygens (including phenoxy) is 1. The van der Waals surface area contributed by atoms with Gasteiger partial charge in [0.05, 0.1) is 13.2 Å². The Hall–Kier alpha value is -0.160. The van der Waals surface area contributed by atoms with Gasteiger partial charge < -0.3 is 14.7 Å². The molecule has 0 aromatic heterocycles. The van der Waals surface area contributed by atoms with Gasteiger partial charge in [0.1, 0.15) is 6.10 Å². The van der Waals surface area contributed by atoms with E-state index in [1.165, 1.54) is 0 Å². The lowest BCUT2D eigenvalue weighted by molar-refractivity contribution is -0.0386. The molecule has 0 aliphatic carbocycles. The maximum atomic E-state index is 8.53. The van der Waals surface area contributed by atoms with Crippen molar-refractivity contribution >= 4 is 0 Å². The minimum atomic E-state index is -0.278. The fraction of sp³-hybridized carbons (Fsp3) is 1.00. The van der Waals surface area contributed by atoms with Gasteiger partial charge in [-0.25, -0.2) is 5.90 Å².